The topological polar surface area (TPSA) is 93.8 Å². The molecule has 0 aliphatic heterocycles. The molecule has 0 bridgehead atoms. The third-order valence-electron chi connectivity index (χ3n) is 1.85. The van der Waals surface area contributed by atoms with E-state index in [-0.39, 0.29) is 5.91 Å². The number of hydrogen-bond acceptors (Lipinski definition) is 5. The van der Waals surface area contributed by atoms with Crippen LogP contribution < -0.4 is 11.1 Å². The van der Waals surface area contributed by atoms with Gasteiger partial charge in [0.1, 0.15) is 12.1 Å². The van der Waals surface area contributed by atoms with Crippen molar-refractivity contribution in [1.82, 2.24) is 15.0 Å². The fourth-order valence-electron chi connectivity index (χ4n) is 1.08. The molecule has 0 aromatic carbocycles. The van der Waals surface area contributed by atoms with E-state index in [1.54, 1.807) is 12.1 Å². The lowest BCUT2D eigenvalue weighted by Crippen LogP contribution is -2.13. The van der Waals surface area contributed by atoms with Crippen LogP contribution >= 0.6 is 0 Å². The number of carbonyl (C=O) groups excluding carboxylic acids is 1. The van der Waals surface area contributed by atoms with Crippen molar-refractivity contribution >= 4 is 17.4 Å². The van der Waals surface area contributed by atoms with Gasteiger partial charge in [0.05, 0.1) is 17.4 Å². The number of nitrogen functional groups attached to an aromatic ring is 1. The highest BCUT2D eigenvalue weighted by molar-refractivity contribution is 6.03. The van der Waals surface area contributed by atoms with Crippen molar-refractivity contribution in [1.29, 1.82) is 0 Å². The molecular formula is C10H9N5O. The zero-order valence-electron chi connectivity index (χ0n) is 8.29. The molecule has 3 N–H and O–H groups in total. The molecule has 0 spiro atoms. The maximum atomic E-state index is 11.6. The second-order valence-electron chi connectivity index (χ2n) is 3.06. The molecule has 0 unspecified atom stereocenters. The van der Waals surface area contributed by atoms with Crippen LogP contribution in [0, 0.1) is 0 Å². The van der Waals surface area contributed by atoms with E-state index in [4.69, 9.17) is 5.73 Å². The number of nitrogens with one attached hydrogen (secondary N) is 1. The number of hydrogen-bond donors (Lipinski definition) is 2. The summed E-state index contributed by atoms with van der Waals surface area (Å²) in [7, 11) is 0. The minimum absolute atomic E-state index is 0.308. The fraction of sp³-hybridized carbons (Fsp3) is 0. The first-order valence-corrected chi connectivity index (χ1v) is 4.53. The van der Waals surface area contributed by atoms with E-state index in [0.29, 0.717) is 17.1 Å². The van der Waals surface area contributed by atoms with Crippen LogP contribution in [0.15, 0.2) is 37.1 Å². The van der Waals surface area contributed by atoms with Crippen LogP contribution in [0.3, 0.4) is 0 Å². The van der Waals surface area contributed by atoms with E-state index in [9.17, 15) is 4.79 Å². The normalized spacial score (nSPS) is 9.75. The van der Waals surface area contributed by atoms with Crippen molar-refractivity contribution < 1.29 is 4.79 Å². The summed E-state index contributed by atoms with van der Waals surface area (Å²) in [5.74, 6) is 0.126. The molecule has 2 aromatic rings. The minimum Gasteiger partial charge on any atom is -0.397 e. The number of pyridine rings is 1. The summed E-state index contributed by atoms with van der Waals surface area (Å²) < 4.78 is 0. The van der Waals surface area contributed by atoms with Gasteiger partial charge in [-0.15, -0.1) is 0 Å². The number of nitrogens with zero attached hydrogens (tertiary/aromatic N) is 3. The van der Waals surface area contributed by atoms with Gasteiger partial charge in [-0.1, -0.05) is 0 Å². The zero-order chi connectivity index (χ0) is 11.4. The molecule has 6 heteroatoms. The monoisotopic (exact) mass is 215 g/mol. The molecule has 2 heterocycles. The second-order valence-corrected chi connectivity index (χ2v) is 3.06. The molecule has 0 saturated carbocycles. The van der Waals surface area contributed by atoms with E-state index < -0.39 is 0 Å². The molecule has 0 fully saturated rings. The Labute approximate surface area is 91.6 Å². The van der Waals surface area contributed by atoms with E-state index in [1.807, 2.05) is 0 Å². The number of anilines is 2. The van der Waals surface area contributed by atoms with Gasteiger partial charge in [-0.2, -0.15) is 0 Å². The van der Waals surface area contributed by atoms with Crippen molar-refractivity contribution in [3.8, 4) is 0 Å². The third kappa shape index (κ3) is 2.30. The molecule has 2 rings (SSSR count). The molecule has 1 amide bonds. The average Bonchev–Trinajstić information content (AvgIpc) is 2.33. The van der Waals surface area contributed by atoms with Crippen molar-refractivity contribution in [3.05, 3.63) is 42.6 Å². The Bertz CT molecular complexity index is 482. The molecule has 6 nitrogen and oxygen atoms in total. The summed E-state index contributed by atoms with van der Waals surface area (Å²) in [6, 6.07) is 3.28. The van der Waals surface area contributed by atoms with Crippen molar-refractivity contribution in [2.75, 3.05) is 11.1 Å². The minimum atomic E-state index is -0.308. The number of amides is 1. The van der Waals surface area contributed by atoms with Gasteiger partial charge < -0.3 is 11.1 Å². The van der Waals surface area contributed by atoms with E-state index >= 15 is 0 Å². The third-order valence-corrected chi connectivity index (χ3v) is 1.85. The van der Waals surface area contributed by atoms with E-state index in [1.165, 1.54) is 24.9 Å². The molecule has 0 saturated heterocycles. The molecule has 0 radical (unpaired) electrons. The molecule has 0 aliphatic carbocycles. The largest absolute Gasteiger partial charge is 0.397 e. The Balaban J connectivity index is 2.11. The Morgan fingerprint density at radius 2 is 1.94 bits per heavy atom. The number of nitrogens with two attached hydrogens (primary N) is 1. The molecule has 2 aromatic heterocycles. The Morgan fingerprint density at radius 1 is 1.19 bits per heavy atom. The van der Waals surface area contributed by atoms with Gasteiger partial charge >= 0.3 is 0 Å². The van der Waals surface area contributed by atoms with Crippen LogP contribution in [-0.4, -0.2) is 20.9 Å². The summed E-state index contributed by atoms with van der Waals surface area (Å²) in [4.78, 5) is 23.1. The Kier molecular flexibility index (Phi) is 2.73. The molecular weight excluding hydrogens is 206 g/mol. The standard InChI is InChI=1S/C10H9N5O/c11-8-1-2-9(14-5-8)15-10(16)7-3-12-6-13-4-7/h1-6H,11H2,(H,14,15,16). The van der Waals surface area contributed by atoms with Gasteiger partial charge in [-0.05, 0) is 12.1 Å². The first-order valence-electron chi connectivity index (χ1n) is 4.53. The maximum absolute atomic E-state index is 11.6. The number of aromatic nitrogens is 3. The quantitative estimate of drug-likeness (QED) is 0.769. The average molecular weight is 215 g/mol. The van der Waals surface area contributed by atoms with Gasteiger partial charge in [0, 0.05) is 12.4 Å². The highest BCUT2D eigenvalue weighted by atomic mass is 16.1. The summed E-state index contributed by atoms with van der Waals surface area (Å²) in [6.07, 6.45) is 5.69. The SMILES string of the molecule is Nc1ccc(NC(=O)c2cncnc2)nc1. The highest BCUT2D eigenvalue weighted by Gasteiger charge is 2.06. The van der Waals surface area contributed by atoms with Crippen LogP contribution in [-0.2, 0) is 0 Å². The first kappa shape index (κ1) is 10.0. The summed E-state index contributed by atoms with van der Waals surface area (Å²) in [5.41, 5.74) is 6.39. The lowest BCUT2D eigenvalue weighted by Gasteiger charge is -2.03. The van der Waals surface area contributed by atoms with Crippen molar-refractivity contribution in [2.24, 2.45) is 0 Å². The smallest absolute Gasteiger partial charge is 0.259 e. The van der Waals surface area contributed by atoms with Crippen LogP contribution in [0.1, 0.15) is 10.4 Å². The van der Waals surface area contributed by atoms with Crippen LogP contribution in [0.5, 0.6) is 0 Å². The van der Waals surface area contributed by atoms with Crippen LogP contribution in [0.25, 0.3) is 0 Å². The van der Waals surface area contributed by atoms with Gasteiger partial charge in [0.15, 0.2) is 0 Å². The molecule has 16 heavy (non-hydrogen) atoms. The lowest BCUT2D eigenvalue weighted by molar-refractivity contribution is 0.102. The van der Waals surface area contributed by atoms with Crippen LogP contribution in [0.4, 0.5) is 11.5 Å². The van der Waals surface area contributed by atoms with Gasteiger partial charge in [0.25, 0.3) is 5.91 Å². The van der Waals surface area contributed by atoms with Crippen LogP contribution in [0.2, 0.25) is 0 Å². The summed E-state index contributed by atoms with van der Waals surface area (Å²) in [5, 5.41) is 2.60. The lowest BCUT2D eigenvalue weighted by atomic mass is 10.3. The Hall–Kier alpha value is -2.50. The molecule has 80 valence electrons. The predicted octanol–water partition coefficient (Wildman–Crippen LogP) is 0.706. The first-order chi connectivity index (χ1) is 7.75. The second kappa shape index (κ2) is 4.35. The van der Waals surface area contributed by atoms with Crippen molar-refractivity contribution in [3.63, 3.8) is 0 Å². The summed E-state index contributed by atoms with van der Waals surface area (Å²) >= 11 is 0. The van der Waals surface area contributed by atoms with Gasteiger partial charge in [-0.3, -0.25) is 4.79 Å². The molecule has 0 aliphatic rings. The Morgan fingerprint density at radius 3 is 2.56 bits per heavy atom. The highest BCUT2D eigenvalue weighted by Crippen LogP contribution is 2.07. The van der Waals surface area contributed by atoms with Gasteiger partial charge in [0.2, 0.25) is 0 Å². The maximum Gasteiger partial charge on any atom is 0.259 e. The fourth-order valence-corrected chi connectivity index (χ4v) is 1.08. The number of carbonyl (C=O) groups is 1. The zero-order valence-corrected chi connectivity index (χ0v) is 8.29. The predicted molar refractivity (Wildman–Crippen MR) is 58.6 cm³/mol. The summed E-state index contributed by atoms with van der Waals surface area (Å²) in [6.45, 7) is 0. The molecule has 0 atom stereocenters. The number of rotatable bonds is 2. The van der Waals surface area contributed by atoms with E-state index in [0.717, 1.165) is 0 Å². The van der Waals surface area contributed by atoms with Gasteiger partial charge in [-0.25, -0.2) is 15.0 Å². The van der Waals surface area contributed by atoms with E-state index in [2.05, 4.69) is 20.3 Å². The van der Waals surface area contributed by atoms with Crippen molar-refractivity contribution in [2.45, 2.75) is 0 Å².